The molecule has 0 aromatic rings. The van der Waals surface area contributed by atoms with Crippen molar-refractivity contribution in [1.82, 2.24) is 0 Å². The second-order valence-electron chi connectivity index (χ2n) is 3.64. The Balaban J connectivity index is 2.36. The van der Waals surface area contributed by atoms with Crippen LogP contribution in [0.15, 0.2) is 0 Å². The molecular weight excluding hydrogens is 249 g/mol. The van der Waals surface area contributed by atoms with Crippen molar-refractivity contribution in [3.8, 4) is 0 Å². The van der Waals surface area contributed by atoms with E-state index in [4.69, 9.17) is 4.74 Å². The van der Waals surface area contributed by atoms with E-state index in [2.05, 4.69) is 0 Å². The van der Waals surface area contributed by atoms with Crippen LogP contribution in [0.5, 0.6) is 0 Å². The van der Waals surface area contributed by atoms with E-state index in [9.17, 15) is 21.6 Å². The van der Waals surface area contributed by atoms with Crippen LogP contribution in [0.2, 0.25) is 0 Å². The molecule has 2 atom stereocenters. The molecule has 2 unspecified atom stereocenters. The Morgan fingerprint density at radius 1 is 1.40 bits per heavy atom. The molecule has 1 rings (SSSR count). The van der Waals surface area contributed by atoms with Gasteiger partial charge in [-0.15, -0.1) is 0 Å². The van der Waals surface area contributed by atoms with Crippen molar-refractivity contribution in [3.63, 3.8) is 0 Å². The second kappa shape index (κ2) is 4.42. The van der Waals surface area contributed by atoms with E-state index in [-0.39, 0.29) is 5.75 Å². The summed E-state index contributed by atoms with van der Waals surface area (Å²) in [5.74, 6) is 0.0395. The van der Waals surface area contributed by atoms with Gasteiger partial charge in [0.1, 0.15) is 0 Å². The molecule has 0 bridgehead atoms. The molecule has 0 aromatic carbocycles. The molecule has 15 heavy (non-hydrogen) atoms. The van der Waals surface area contributed by atoms with E-state index < -0.39 is 40.0 Å². The fourth-order valence-electron chi connectivity index (χ4n) is 1.48. The number of sulfone groups is 1. The van der Waals surface area contributed by atoms with Crippen molar-refractivity contribution in [2.75, 3.05) is 12.4 Å². The lowest BCUT2D eigenvalue weighted by atomic mass is 10.3. The van der Waals surface area contributed by atoms with E-state index in [0.717, 1.165) is 0 Å². The molecule has 0 saturated carbocycles. The molecule has 1 aliphatic rings. The number of ether oxygens (including phenoxy) is 1. The molecule has 1 aliphatic heterocycles. The van der Waals surface area contributed by atoms with Crippen LogP contribution in [0.3, 0.4) is 0 Å². The van der Waals surface area contributed by atoms with Crippen molar-refractivity contribution in [2.45, 2.75) is 30.0 Å². The Hall–Kier alpha value is -0.0831. The molecule has 8 heteroatoms. The largest absolute Gasteiger partial charge is 0.391 e. The maximum absolute atomic E-state index is 11.8. The van der Waals surface area contributed by atoms with Crippen molar-refractivity contribution in [2.24, 2.45) is 0 Å². The Morgan fingerprint density at radius 3 is 2.40 bits per heavy atom. The molecule has 0 amide bonds. The third kappa shape index (κ3) is 3.76. The van der Waals surface area contributed by atoms with Gasteiger partial charge in [0.2, 0.25) is 0 Å². The fourth-order valence-corrected chi connectivity index (χ4v) is 4.32. The minimum Gasteiger partial charge on any atom is -0.377 e. The second-order valence-corrected chi connectivity index (χ2v) is 8.19. The van der Waals surface area contributed by atoms with Gasteiger partial charge in [-0.25, -0.2) is 8.42 Å². The summed E-state index contributed by atoms with van der Waals surface area (Å²) in [5.41, 5.74) is 0. The number of halogens is 3. The topological polar surface area (TPSA) is 43.4 Å². The van der Waals surface area contributed by atoms with Gasteiger partial charge in [-0.05, 0) is 6.42 Å². The number of hydrogen-bond donors (Lipinski definition) is 0. The Bertz CT molecular complexity index is 314. The predicted molar refractivity (Wildman–Crippen MR) is 52.5 cm³/mol. The van der Waals surface area contributed by atoms with Gasteiger partial charge < -0.3 is 4.74 Å². The SMILES string of the molecule is O=S1(=O)CCC(OCCC(F)(F)F)C1[SiH3]. The highest BCUT2D eigenvalue weighted by molar-refractivity contribution is 7.93. The van der Waals surface area contributed by atoms with Crippen molar-refractivity contribution < 1.29 is 26.3 Å². The Kier molecular flexibility index (Phi) is 3.83. The molecular formula is C7H13F3O3SSi. The molecule has 3 nitrogen and oxygen atoms in total. The molecule has 90 valence electrons. The van der Waals surface area contributed by atoms with Gasteiger partial charge in [0.15, 0.2) is 9.84 Å². The summed E-state index contributed by atoms with van der Waals surface area (Å²) in [7, 11) is -2.68. The summed E-state index contributed by atoms with van der Waals surface area (Å²) < 4.78 is 62.9. The summed E-state index contributed by atoms with van der Waals surface area (Å²) >= 11 is 0. The zero-order valence-electron chi connectivity index (χ0n) is 8.25. The van der Waals surface area contributed by atoms with Gasteiger partial charge in [0.25, 0.3) is 0 Å². The van der Waals surface area contributed by atoms with Crippen molar-refractivity contribution in [1.29, 1.82) is 0 Å². The lowest BCUT2D eigenvalue weighted by Crippen LogP contribution is -2.29. The molecule has 1 fully saturated rings. The molecule has 0 radical (unpaired) electrons. The van der Waals surface area contributed by atoms with Crippen molar-refractivity contribution >= 4 is 20.1 Å². The van der Waals surface area contributed by atoms with Crippen LogP contribution in [0.1, 0.15) is 12.8 Å². The quantitative estimate of drug-likeness (QED) is 0.664. The van der Waals surface area contributed by atoms with Gasteiger partial charge in [0, 0.05) is 10.2 Å². The van der Waals surface area contributed by atoms with Crippen LogP contribution >= 0.6 is 0 Å². The smallest absolute Gasteiger partial charge is 0.377 e. The lowest BCUT2D eigenvalue weighted by molar-refractivity contribution is -0.148. The van der Waals surface area contributed by atoms with Crippen LogP contribution in [-0.2, 0) is 14.6 Å². The predicted octanol–water partition coefficient (Wildman–Crippen LogP) is -0.166. The molecule has 1 saturated heterocycles. The van der Waals surface area contributed by atoms with E-state index in [0.29, 0.717) is 16.7 Å². The summed E-state index contributed by atoms with van der Waals surface area (Å²) in [6, 6.07) is 0. The first kappa shape index (κ1) is 13.0. The molecule has 1 heterocycles. The summed E-state index contributed by atoms with van der Waals surface area (Å²) in [6.07, 6.45) is -5.45. The fraction of sp³-hybridized carbons (Fsp3) is 1.00. The minimum atomic E-state index is -4.24. The van der Waals surface area contributed by atoms with Gasteiger partial charge in [0.05, 0.1) is 29.8 Å². The first-order chi connectivity index (χ1) is 6.72. The highest BCUT2D eigenvalue weighted by atomic mass is 32.2. The van der Waals surface area contributed by atoms with Gasteiger partial charge in [-0.3, -0.25) is 0 Å². The van der Waals surface area contributed by atoms with E-state index in [1.54, 1.807) is 0 Å². The third-order valence-corrected chi connectivity index (χ3v) is 7.63. The zero-order chi connectivity index (χ0) is 11.7. The first-order valence-electron chi connectivity index (χ1n) is 4.62. The first-order valence-corrected chi connectivity index (χ1v) is 7.49. The Labute approximate surface area is 89.3 Å². The standard InChI is InChI=1S/C7H13F3O3SSi/c8-7(9,10)2-3-13-5-1-4-14(11,12)6(5)15/h5-6H,1-4H2,15H3. The van der Waals surface area contributed by atoms with Crippen LogP contribution in [0.4, 0.5) is 13.2 Å². The maximum atomic E-state index is 11.8. The molecule has 0 spiro atoms. The summed E-state index contributed by atoms with van der Waals surface area (Å²) in [6.45, 7) is -0.442. The van der Waals surface area contributed by atoms with E-state index >= 15 is 0 Å². The van der Waals surface area contributed by atoms with Gasteiger partial charge >= 0.3 is 6.18 Å². The van der Waals surface area contributed by atoms with Crippen LogP contribution in [-0.4, -0.2) is 48.2 Å². The molecule has 0 aromatic heterocycles. The monoisotopic (exact) mass is 262 g/mol. The molecule has 0 N–H and O–H groups in total. The normalized spacial score (nSPS) is 30.9. The van der Waals surface area contributed by atoms with E-state index in [1.807, 2.05) is 0 Å². The van der Waals surface area contributed by atoms with Crippen LogP contribution < -0.4 is 0 Å². The van der Waals surface area contributed by atoms with Crippen molar-refractivity contribution in [3.05, 3.63) is 0 Å². The average Bonchev–Trinajstić information content (AvgIpc) is 2.29. The molecule has 0 aliphatic carbocycles. The zero-order valence-corrected chi connectivity index (χ0v) is 11.1. The number of hydrogen-bond acceptors (Lipinski definition) is 3. The maximum Gasteiger partial charge on any atom is 0.391 e. The third-order valence-electron chi connectivity index (χ3n) is 2.49. The van der Waals surface area contributed by atoms with Gasteiger partial charge in [-0.2, -0.15) is 13.2 Å². The highest BCUT2D eigenvalue weighted by Crippen LogP contribution is 2.24. The number of alkyl halides is 3. The Morgan fingerprint density at radius 2 is 2.00 bits per heavy atom. The highest BCUT2D eigenvalue weighted by Gasteiger charge is 2.37. The van der Waals surface area contributed by atoms with Gasteiger partial charge in [-0.1, -0.05) is 0 Å². The summed E-state index contributed by atoms with van der Waals surface area (Å²) in [5, 5.41) is 0. The number of rotatable bonds is 3. The summed E-state index contributed by atoms with van der Waals surface area (Å²) in [4.78, 5) is -0.550. The lowest BCUT2D eigenvalue weighted by Gasteiger charge is -2.15. The minimum absolute atomic E-state index is 0.0395. The van der Waals surface area contributed by atoms with E-state index in [1.165, 1.54) is 0 Å². The van der Waals surface area contributed by atoms with Crippen LogP contribution in [0.25, 0.3) is 0 Å². The van der Waals surface area contributed by atoms with Crippen LogP contribution in [0, 0.1) is 0 Å². The average molecular weight is 262 g/mol.